The number of hydrogen-bond acceptors (Lipinski definition) is 4. The van der Waals surface area contributed by atoms with Crippen molar-refractivity contribution in [2.75, 3.05) is 18.5 Å². The van der Waals surface area contributed by atoms with Gasteiger partial charge in [0.05, 0.1) is 12.7 Å². The van der Waals surface area contributed by atoms with Crippen LogP contribution in [-0.4, -0.2) is 31.3 Å². The van der Waals surface area contributed by atoms with Crippen LogP contribution in [0.2, 0.25) is 0 Å². The van der Waals surface area contributed by atoms with Crippen molar-refractivity contribution in [1.82, 2.24) is 0 Å². The van der Waals surface area contributed by atoms with E-state index in [2.05, 4.69) is 5.32 Å². The Kier molecular flexibility index (Phi) is 4.41. The van der Waals surface area contributed by atoms with Crippen molar-refractivity contribution in [2.24, 2.45) is 11.7 Å². The standard InChI is InChI=1S/C16H22N2O3/c17-9-14-7-8-15(21-14)16(19)18-12-3-5-13(6-4-12)20-10-11-1-2-11/h3-6,11,14-15H,1-2,7-10,17H2,(H,18,19)/t14-,15+/m1/s1. The van der Waals surface area contributed by atoms with Gasteiger partial charge in [-0.2, -0.15) is 0 Å². The third-order valence-electron chi connectivity index (χ3n) is 3.97. The monoisotopic (exact) mass is 290 g/mol. The van der Waals surface area contributed by atoms with Gasteiger partial charge < -0.3 is 20.5 Å². The summed E-state index contributed by atoms with van der Waals surface area (Å²) in [4.78, 5) is 12.1. The highest BCUT2D eigenvalue weighted by Crippen LogP contribution is 2.29. The topological polar surface area (TPSA) is 73.6 Å². The predicted octanol–water partition coefficient (Wildman–Crippen LogP) is 1.92. The summed E-state index contributed by atoms with van der Waals surface area (Å²) in [5.74, 6) is 1.48. The second kappa shape index (κ2) is 6.45. The summed E-state index contributed by atoms with van der Waals surface area (Å²) in [7, 11) is 0. The molecule has 1 saturated carbocycles. The van der Waals surface area contributed by atoms with E-state index < -0.39 is 0 Å². The fourth-order valence-corrected chi connectivity index (χ4v) is 2.43. The molecule has 1 aromatic rings. The van der Waals surface area contributed by atoms with Crippen molar-refractivity contribution in [2.45, 2.75) is 37.9 Å². The minimum atomic E-state index is -0.385. The number of hydrogen-bond donors (Lipinski definition) is 2. The Balaban J connectivity index is 1.48. The van der Waals surface area contributed by atoms with Crippen molar-refractivity contribution in [3.05, 3.63) is 24.3 Å². The van der Waals surface area contributed by atoms with E-state index in [0.29, 0.717) is 6.54 Å². The van der Waals surface area contributed by atoms with Gasteiger partial charge in [-0.05, 0) is 55.9 Å². The first-order valence-electron chi connectivity index (χ1n) is 7.64. The molecule has 2 fully saturated rings. The zero-order valence-electron chi connectivity index (χ0n) is 12.1. The Labute approximate surface area is 124 Å². The molecule has 0 bridgehead atoms. The molecule has 1 aromatic carbocycles. The van der Waals surface area contributed by atoms with E-state index in [9.17, 15) is 4.79 Å². The summed E-state index contributed by atoms with van der Waals surface area (Å²) in [5.41, 5.74) is 6.31. The average Bonchev–Trinajstić information content (AvgIpc) is 3.21. The normalized spacial score (nSPS) is 24.8. The lowest BCUT2D eigenvalue weighted by Crippen LogP contribution is -2.29. The van der Waals surface area contributed by atoms with Crippen molar-refractivity contribution < 1.29 is 14.3 Å². The number of carbonyl (C=O) groups excluding carboxylic acids is 1. The summed E-state index contributed by atoms with van der Waals surface area (Å²) in [5, 5.41) is 2.87. The SMILES string of the molecule is NC[C@H]1CC[C@@H](C(=O)Nc2ccc(OCC3CC3)cc2)O1. The molecule has 0 radical (unpaired) electrons. The molecule has 2 aliphatic rings. The number of nitrogens with one attached hydrogen (secondary N) is 1. The van der Waals surface area contributed by atoms with Crippen LogP contribution in [-0.2, 0) is 9.53 Å². The van der Waals surface area contributed by atoms with Crippen LogP contribution in [0.25, 0.3) is 0 Å². The molecule has 1 heterocycles. The number of nitrogens with two attached hydrogens (primary N) is 1. The largest absolute Gasteiger partial charge is 0.493 e. The van der Waals surface area contributed by atoms with Gasteiger partial charge in [-0.15, -0.1) is 0 Å². The molecule has 0 spiro atoms. The van der Waals surface area contributed by atoms with E-state index in [1.165, 1.54) is 12.8 Å². The molecule has 1 aliphatic carbocycles. The van der Waals surface area contributed by atoms with Crippen molar-refractivity contribution in [3.8, 4) is 5.75 Å². The molecular formula is C16H22N2O3. The third-order valence-corrected chi connectivity index (χ3v) is 3.97. The Morgan fingerprint density at radius 3 is 2.62 bits per heavy atom. The van der Waals surface area contributed by atoms with Crippen LogP contribution in [0.4, 0.5) is 5.69 Å². The Bertz CT molecular complexity index is 485. The minimum absolute atomic E-state index is 0.0129. The summed E-state index contributed by atoms with van der Waals surface area (Å²) >= 11 is 0. The number of carbonyl (C=O) groups is 1. The van der Waals surface area contributed by atoms with E-state index in [1.54, 1.807) is 0 Å². The molecule has 0 aromatic heterocycles. The van der Waals surface area contributed by atoms with Crippen LogP contribution in [0.1, 0.15) is 25.7 Å². The molecule has 3 rings (SSSR count). The molecule has 5 nitrogen and oxygen atoms in total. The molecule has 1 amide bonds. The smallest absolute Gasteiger partial charge is 0.253 e. The zero-order valence-corrected chi connectivity index (χ0v) is 12.1. The minimum Gasteiger partial charge on any atom is -0.493 e. The van der Waals surface area contributed by atoms with Crippen LogP contribution in [0.5, 0.6) is 5.75 Å². The van der Waals surface area contributed by atoms with Crippen molar-refractivity contribution in [3.63, 3.8) is 0 Å². The van der Waals surface area contributed by atoms with Crippen LogP contribution in [0.15, 0.2) is 24.3 Å². The zero-order chi connectivity index (χ0) is 14.7. The van der Waals surface area contributed by atoms with Gasteiger partial charge >= 0.3 is 0 Å². The lowest BCUT2D eigenvalue weighted by atomic mass is 10.2. The van der Waals surface area contributed by atoms with Crippen molar-refractivity contribution >= 4 is 11.6 Å². The van der Waals surface area contributed by atoms with Gasteiger partial charge in [0.15, 0.2) is 0 Å². The molecule has 5 heteroatoms. The molecule has 1 aliphatic heterocycles. The summed E-state index contributed by atoms with van der Waals surface area (Å²) in [6.45, 7) is 1.26. The van der Waals surface area contributed by atoms with E-state index in [0.717, 1.165) is 36.8 Å². The molecular weight excluding hydrogens is 268 g/mol. The van der Waals surface area contributed by atoms with Gasteiger partial charge in [0.1, 0.15) is 11.9 Å². The molecule has 3 N–H and O–H groups in total. The number of amides is 1. The highest BCUT2D eigenvalue weighted by molar-refractivity contribution is 5.94. The Morgan fingerprint density at radius 2 is 2.00 bits per heavy atom. The van der Waals surface area contributed by atoms with Gasteiger partial charge in [-0.3, -0.25) is 4.79 Å². The van der Waals surface area contributed by atoms with E-state index in [-0.39, 0.29) is 18.1 Å². The van der Waals surface area contributed by atoms with E-state index in [1.807, 2.05) is 24.3 Å². The second-order valence-electron chi connectivity index (χ2n) is 5.83. The third kappa shape index (κ3) is 3.95. The average molecular weight is 290 g/mol. The molecule has 21 heavy (non-hydrogen) atoms. The maximum absolute atomic E-state index is 12.1. The molecule has 1 saturated heterocycles. The summed E-state index contributed by atoms with van der Waals surface area (Å²) in [6, 6.07) is 7.48. The van der Waals surface area contributed by atoms with Gasteiger partial charge in [0, 0.05) is 12.2 Å². The van der Waals surface area contributed by atoms with Gasteiger partial charge in [0.2, 0.25) is 0 Å². The second-order valence-corrected chi connectivity index (χ2v) is 5.83. The fourth-order valence-electron chi connectivity index (χ4n) is 2.43. The fraction of sp³-hybridized carbons (Fsp3) is 0.562. The predicted molar refractivity (Wildman–Crippen MR) is 80.2 cm³/mol. The summed E-state index contributed by atoms with van der Waals surface area (Å²) in [6.07, 6.45) is 3.76. The lowest BCUT2D eigenvalue weighted by molar-refractivity contribution is -0.126. The first-order valence-corrected chi connectivity index (χ1v) is 7.64. The first kappa shape index (κ1) is 14.4. The van der Waals surface area contributed by atoms with Gasteiger partial charge in [0.25, 0.3) is 5.91 Å². The van der Waals surface area contributed by atoms with Crippen LogP contribution < -0.4 is 15.8 Å². The number of benzene rings is 1. The quantitative estimate of drug-likeness (QED) is 0.839. The van der Waals surface area contributed by atoms with E-state index >= 15 is 0 Å². The molecule has 2 atom stereocenters. The van der Waals surface area contributed by atoms with Gasteiger partial charge in [-0.1, -0.05) is 0 Å². The molecule has 114 valence electrons. The number of ether oxygens (including phenoxy) is 2. The Morgan fingerprint density at radius 1 is 1.24 bits per heavy atom. The highest BCUT2D eigenvalue weighted by Gasteiger charge is 2.29. The van der Waals surface area contributed by atoms with Crippen molar-refractivity contribution in [1.29, 1.82) is 0 Å². The highest BCUT2D eigenvalue weighted by atomic mass is 16.5. The van der Waals surface area contributed by atoms with Crippen LogP contribution in [0.3, 0.4) is 0 Å². The summed E-state index contributed by atoms with van der Waals surface area (Å²) < 4.78 is 11.2. The number of rotatable bonds is 6. The van der Waals surface area contributed by atoms with Crippen LogP contribution in [0, 0.1) is 5.92 Å². The lowest BCUT2D eigenvalue weighted by Gasteiger charge is -2.13. The Hall–Kier alpha value is -1.59. The number of anilines is 1. The first-order chi connectivity index (χ1) is 10.2. The van der Waals surface area contributed by atoms with E-state index in [4.69, 9.17) is 15.2 Å². The maximum Gasteiger partial charge on any atom is 0.253 e. The molecule has 0 unspecified atom stereocenters. The van der Waals surface area contributed by atoms with Crippen LogP contribution >= 0.6 is 0 Å². The van der Waals surface area contributed by atoms with Gasteiger partial charge in [-0.25, -0.2) is 0 Å². The maximum atomic E-state index is 12.1.